The zero-order valence-corrected chi connectivity index (χ0v) is 10.5. The van der Waals surface area contributed by atoms with E-state index in [2.05, 4.69) is 4.98 Å². The fourth-order valence-corrected chi connectivity index (χ4v) is 2.17. The summed E-state index contributed by atoms with van der Waals surface area (Å²) >= 11 is 0. The molecule has 4 heteroatoms. The Morgan fingerprint density at radius 1 is 1.05 bits per heavy atom. The van der Waals surface area contributed by atoms with Crippen molar-refractivity contribution in [3.05, 3.63) is 60.4 Å². The molecule has 0 atom stereocenters. The molecule has 3 rings (SSSR count). The van der Waals surface area contributed by atoms with Crippen LogP contribution < -0.4 is 5.73 Å². The first-order valence-corrected chi connectivity index (χ1v) is 6.10. The Morgan fingerprint density at radius 2 is 1.80 bits per heavy atom. The molecule has 0 bridgehead atoms. The Kier molecular flexibility index (Phi) is 2.84. The maximum Gasteiger partial charge on any atom is 0.292 e. The van der Waals surface area contributed by atoms with E-state index in [0.29, 0.717) is 5.39 Å². The van der Waals surface area contributed by atoms with Crippen molar-refractivity contribution in [2.24, 2.45) is 0 Å². The number of rotatable bonds is 2. The number of aromatic nitrogens is 1. The van der Waals surface area contributed by atoms with E-state index in [-0.39, 0.29) is 11.4 Å². The highest BCUT2D eigenvalue weighted by Crippen LogP contribution is 2.31. The minimum Gasteiger partial charge on any atom is -0.505 e. The lowest BCUT2D eigenvalue weighted by Crippen LogP contribution is -2.02. The molecular formula is C16H11N2O2. The molecule has 0 saturated carbocycles. The van der Waals surface area contributed by atoms with E-state index in [4.69, 9.17) is 5.73 Å². The topological polar surface area (TPSA) is 74.0 Å². The summed E-state index contributed by atoms with van der Waals surface area (Å²) in [6.07, 6.45) is 1.49. The Morgan fingerprint density at radius 3 is 2.50 bits per heavy atom. The van der Waals surface area contributed by atoms with Crippen LogP contribution in [-0.4, -0.2) is 16.0 Å². The Bertz CT molecular complexity index is 798. The van der Waals surface area contributed by atoms with Crippen molar-refractivity contribution in [2.75, 3.05) is 0 Å². The van der Waals surface area contributed by atoms with Crippen LogP contribution in [0, 0.1) is 0 Å². The number of nitrogens with one attached hydrogen (secondary N) is 1. The normalized spacial score (nSPS) is 10.6. The van der Waals surface area contributed by atoms with Crippen LogP contribution in [0.4, 0.5) is 0 Å². The molecule has 1 aromatic heterocycles. The number of nitrogens with zero attached hydrogens (tertiary/aromatic N) is 1. The number of pyridine rings is 1. The highest BCUT2D eigenvalue weighted by Gasteiger charge is 2.13. The molecule has 0 unspecified atom stereocenters. The first kappa shape index (κ1) is 12.2. The van der Waals surface area contributed by atoms with E-state index in [1.54, 1.807) is 6.07 Å². The number of benzene rings is 2. The van der Waals surface area contributed by atoms with Crippen LogP contribution >= 0.6 is 0 Å². The largest absolute Gasteiger partial charge is 0.505 e. The minimum absolute atomic E-state index is 0.220. The maximum atomic E-state index is 11.1. The molecule has 0 aliphatic carbocycles. The van der Waals surface area contributed by atoms with Gasteiger partial charge in [-0.2, -0.15) is 0 Å². The molecule has 4 nitrogen and oxygen atoms in total. The summed E-state index contributed by atoms with van der Waals surface area (Å²) in [7, 11) is 0. The van der Waals surface area contributed by atoms with Crippen LogP contribution in [-0.2, 0) is 0 Å². The summed E-state index contributed by atoms with van der Waals surface area (Å²) in [6.45, 7) is 0. The van der Waals surface area contributed by atoms with E-state index >= 15 is 0 Å². The molecule has 20 heavy (non-hydrogen) atoms. The van der Waals surface area contributed by atoms with Crippen molar-refractivity contribution >= 4 is 16.7 Å². The first-order valence-electron chi connectivity index (χ1n) is 6.10. The second kappa shape index (κ2) is 4.66. The summed E-state index contributed by atoms with van der Waals surface area (Å²) in [6, 6.07) is 15.3. The van der Waals surface area contributed by atoms with Gasteiger partial charge in [-0.15, -0.1) is 0 Å². The third-order valence-corrected chi connectivity index (χ3v) is 3.19. The van der Waals surface area contributed by atoms with Gasteiger partial charge in [-0.1, -0.05) is 42.5 Å². The first-order chi connectivity index (χ1) is 9.66. The van der Waals surface area contributed by atoms with E-state index in [0.717, 1.165) is 16.5 Å². The molecular weight excluding hydrogens is 252 g/mol. The second-order valence-electron chi connectivity index (χ2n) is 4.45. The molecule has 0 fully saturated rings. The minimum atomic E-state index is -0.991. The molecule has 1 amide bonds. The molecule has 0 saturated heterocycles. The molecule has 2 aromatic carbocycles. The smallest absolute Gasteiger partial charge is 0.292 e. The number of carbonyl (C=O) groups excluding carboxylic acids is 1. The van der Waals surface area contributed by atoms with E-state index in [1.807, 2.05) is 42.5 Å². The number of carbonyl (C=O) groups is 1. The van der Waals surface area contributed by atoms with Crippen LogP contribution in [0.2, 0.25) is 0 Å². The number of aromatic hydroxyl groups is 1. The molecule has 1 heterocycles. The van der Waals surface area contributed by atoms with Gasteiger partial charge in [0.05, 0.1) is 0 Å². The third kappa shape index (κ3) is 1.97. The second-order valence-corrected chi connectivity index (χ2v) is 4.45. The van der Waals surface area contributed by atoms with Crippen LogP contribution in [0.5, 0.6) is 5.75 Å². The predicted molar refractivity (Wildman–Crippen MR) is 76.3 cm³/mol. The lowest BCUT2D eigenvalue weighted by molar-refractivity contribution is 0.0985. The lowest BCUT2D eigenvalue weighted by atomic mass is 10.0. The number of amides is 1. The van der Waals surface area contributed by atoms with Crippen LogP contribution in [0.3, 0.4) is 0 Å². The van der Waals surface area contributed by atoms with E-state index in [9.17, 15) is 9.90 Å². The Labute approximate surface area is 115 Å². The predicted octanol–water partition coefficient (Wildman–Crippen LogP) is 3.03. The molecule has 1 radical (unpaired) electrons. The summed E-state index contributed by atoms with van der Waals surface area (Å²) in [5.41, 5.74) is 8.82. The average molecular weight is 263 g/mol. The van der Waals surface area contributed by atoms with Gasteiger partial charge < -0.3 is 5.11 Å². The third-order valence-electron chi connectivity index (χ3n) is 3.19. The molecule has 3 aromatic rings. The molecule has 2 N–H and O–H groups in total. The summed E-state index contributed by atoms with van der Waals surface area (Å²) in [4.78, 5) is 14.9. The van der Waals surface area contributed by atoms with Crippen molar-refractivity contribution in [2.45, 2.75) is 0 Å². The summed E-state index contributed by atoms with van der Waals surface area (Å²) in [5.74, 6) is -1.23. The molecule has 0 aliphatic heterocycles. The van der Waals surface area contributed by atoms with Gasteiger partial charge in [0.25, 0.3) is 5.91 Å². The van der Waals surface area contributed by atoms with Gasteiger partial charge in [0.1, 0.15) is 0 Å². The van der Waals surface area contributed by atoms with Gasteiger partial charge in [-0.25, -0.2) is 4.98 Å². The zero-order valence-electron chi connectivity index (χ0n) is 10.5. The van der Waals surface area contributed by atoms with Gasteiger partial charge in [-0.3, -0.25) is 10.5 Å². The standard InChI is InChI=1S/C16H11N2O2/c17-16(20)14-15(19)13-8-11(6-7-12(13)9-18-14)10-4-2-1-3-5-10/h1-9,17,19H. The Hall–Kier alpha value is -2.88. The van der Waals surface area contributed by atoms with Crippen molar-refractivity contribution in [1.29, 1.82) is 0 Å². The highest BCUT2D eigenvalue weighted by atomic mass is 16.3. The Balaban J connectivity index is 2.24. The summed E-state index contributed by atoms with van der Waals surface area (Å²) < 4.78 is 0. The number of hydrogen-bond donors (Lipinski definition) is 1. The van der Waals surface area contributed by atoms with Crippen LogP contribution in [0.1, 0.15) is 10.5 Å². The van der Waals surface area contributed by atoms with Crippen molar-refractivity contribution < 1.29 is 9.90 Å². The molecule has 0 aliphatic rings. The number of fused-ring (bicyclic) bond motifs is 1. The number of hydrogen-bond acceptors (Lipinski definition) is 3. The van der Waals surface area contributed by atoms with Gasteiger partial charge in [-0.05, 0) is 17.2 Å². The monoisotopic (exact) mass is 263 g/mol. The molecule has 97 valence electrons. The lowest BCUT2D eigenvalue weighted by Gasteiger charge is -2.07. The quantitative estimate of drug-likeness (QED) is 0.772. The fourth-order valence-electron chi connectivity index (χ4n) is 2.17. The maximum absolute atomic E-state index is 11.1. The van der Waals surface area contributed by atoms with Crippen LogP contribution in [0.25, 0.3) is 21.9 Å². The van der Waals surface area contributed by atoms with E-state index < -0.39 is 5.91 Å². The zero-order chi connectivity index (χ0) is 14.1. The van der Waals surface area contributed by atoms with Gasteiger partial charge in [0, 0.05) is 17.0 Å². The van der Waals surface area contributed by atoms with Gasteiger partial charge in [0.2, 0.25) is 0 Å². The van der Waals surface area contributed by atoms with Crippen molar-refractivity contribution in [1.82, 2.24) is 10.7 Å². The molecule has 0 spiro atoms. The van der Waals surface area contributed by atoms with E-state index in [1.165, 1.54) is 6.20 Å². The highest BCUT2D eigenvalue weighted by molar-refractivity contribution is 6.01. The van der Waals surface area contributed by atoms with Crippen molar-refractivity contribution in [3.8, 4) is 16.9 Å². The average Bonchev–Trinajstić information content (AvgIpc) is 2.48. The van der Waals surface area contributed by atoms with Crippen LogP contribution in [0.15, 0.2) is 54.7 Å². The fraction of sp³-hybridized carbons (Fsp3) is 0. The van der Waals surface area contributed by atoms with Gasteiger partial charge >= 0.3 is 0 Å². The van der Waals surface area contributed by atoms with Crippen molar-refractivity contribution in [3.63, 3.8) is 0 Å². The SMILES string of the molecule is [NH]C(=O)c1ncc2ccc(-c3ccccc3)cc2c1O. The summed E-state index contributed by atoms with van der Waals surface area (Å²) in [5, 5.41) is 11.3. The van der Waals surface area contributed by atoms with Gasteiger partial charge in [0.15, 0.2) is 11.4 Å².